The number of halogens is 1. The molecule has 0 aliphatic heterocycles. The van der Waals surface area contributed by atoms with Crippen molar-refractivity contribution >= 4 is 11.6 Å². The SMILES string of the molecule is N#CCN(CC=CCl)C1CCCC1. The van der Waals surface area contributed by atoms with Crippen LogP contribution in [0.4, 0.5) is 0 Å². The highest BCUT2D eigenvalue weighted by Crippen LogP contribution is 2.22. The largest absolute Gasteiger partial charge is 0.284 e. The third-order valence-electron chi connectivity index (χ3n) is 2.54. The lowest BCUT2D eigenvalue weighted by atomic mass is 10.2. The quantitative estimate of drug-likeness (QED) is 0.650. The van der Waals surface area contributed by atoms with Crippen molar-refractivity contribution in [3.63, 3.8) is 0 Å². The molecule has 0 bridgehead atoms. The molecular weight excluding hydrogens is 184 g/mol. The third kappa shape index (κ3) is 3.38. The van der Waals surface area contributed by atoms with Crippen molar-refractivity contribution < 1.29 is 0 Å². The zero-order valence-corrected chi connectivity index (χ0v) is 8.50. The molecule has 0 aromatic carbocycles. The van der Waals surface area contributed by atoms with Crippen molar-refractivity contribution in [3.05, 3.63) is 11.6 Å². The first-order valence-electron chi connectivity index (χ1n) is 4.74. The number of hydrogen-bond donors (Lipinski definition) is 0. The lowest BCUT2D eigenvalue weighted by molar-refractivity contribution is 0.246. The number of hydrogen-bond acceptors (Lipinski definition) is 2. The predicted octanol–water partition coefficient (Wildman–Crippen LogP) is 2.51. The molecule has 72 valence electrons. The van der Waals surface area contributed by atoms with Gasteiger partial charge in [-0.05, 0) is 12.8 Å². The predicted molar refractivity (Wildman–Crippen MR) is 54.4 cm³/mol. The molecule has 0 radical (unpaired) electrons. The Morgan fingerprint density at radius 1 is 1.46 bits per heavy atom. The first-order valence-corrected chi connectivity index (χ1v) is 5.18. The second kappa shape index (κ2) is 6.01. The second-order valence-electron chi connectivity index (χ2n) is 3.39. The summed E-state index contributed by atoms with van der Waals surface area (Å²) in [4.78, 5) is 2.20. The number of nitriles is 1. The van der Waals surface area contributed by atoms with E-state index >= 15 is 0 Å². The number of rotatable bonds is 4. The Labute approximate surface area is 84.8 Å². The van der Waals surface area contributed by atoms with Crippen LogP contribution < -0.4 is 0 Å². The topological polar surface area (TPSA) is 27.0 Å². The summed E-state index contributed by atoms with van der Waals surface area (Å²) in [6.45, 7) is 1.33. The lowest BCUT2D eigenvalue weighted by Crippen LogP contribution is -2.33. The molecule has 0 amide bonds. The van der Waals surface area contributed by atoms with Crippen molar-refractivity contribution in [2.75, 3.05) is 13.1 Å². The molecule has 1 fully saturated rings. The van der Waals surface area contributed by atoms with E-state index in [4.69, 9.17) is 16.9 Å². The van der Waals surface area contributed by atoms with Gasteiger partial charge >= 0.3 is 0 Å². The molecule has 0 N–H and O–H groups in total. The molecule has 1 saturated carbocycles. The molecule has 0 aromatic rings. The van der Waals surface area contributed by atoms with Gasteiger partial charge in [0.2, 0.25) is 0 Å². The van der Waals surface area contributed by atoms with E-state index in [1.807, 2.05) is 6.08 Å². The van der Waals surface area contributed by atoms with Crippen molar-refractivity contribution in [1.82, 2.24) is 4.90 Å². The molecular formula is C10H15ClN2. The van der Waals surface area contributed by atoms with Crippen LogP contribution >= 0.6 is 11.6 Å². The molecule has 1 aliphatic carbocycles. The summed E-state index contributed by atoms with van der Waals surface area (Å²) in [7, 11) is 0. The summed E-state index contributed by atoms with van der Waals surface area (Å²) in [6, 6.07) is 2.81. The van der Waals surface area contributed by atoms with Crippen molar-refractivity contribution in [3.8, 4) is 6.07 Å². The average Bonchev–Trinajstić information content (AvgIpc) is 2.65. The third-order valence-corrected chi connectivity index (χ3v) is 2.72. The van der Waals surface area contributed by atoms with Crippen LogP contribution in [0.3, 0.4) is 0 Å². The van der Waals surface area contributed by atoms with Crippen LogP contribution in [0.2, 0.25) is 0 Å². The molecule has 0 aromatic heterocycles. The average molecular weight is 199 g/mol. The maximum absolute atomic E-state index is 8.65. The highest BCUT2D eigenvalue weighted by molar-refractivity contribution is 6.25. The smallest absolute Gasteiger partial charge is 0.0871 e. The molecule has 13 heavy (non-hydrogen) atoms. The van der Waals surface area contributed by atoms with Crippen LogP contribution in [-0.4, -0.2) is 24.0 Å². The molecule has 0 atom stereocenters. The Morgan fingerprint density at radius 3 is 2.69 bits per heavy atom. The van der Waals surface area contributed by atoms with Gasteiger partial charge in [0.1, 0.15) is 0 Å². The van der Waals surface area contributed by atoms with E-state index in [2.05, 4.69) is 11.0 Å². The van der Waals surface area contributed by atoms with Gasteiger partial charge in [0.05, 0.1) is 12.6 Å². The second-order valence-corrected chi connectivity index (χ2v) is 3.64. The maximum atomic E-state index is 8.65. The van der Waals surface area contributed by atoms with E-state index in [-0.39, 0.29) is 0 Å². The minimum absolute atomic E-state index is 0.520. The Bertz CT molecular complexity index is 201. The zero-order chi connectivity index (χ0) is 9.52. The van der Waals surface area contributed by atoms with Gasteiger partial charge in [-0.2, -0.15) is 5.26 Å². The standard InChI is InChI=1S/C10H15ClN2/c11-6-3-8-13(9-7-12)10-4-1-2-5-10/h3,6,10H,1-2,4-5,8-9H2. The van der Waals surface area contributed by atoms with E-state index in [0.717, 1.165) is 6.54 Å². The van der Waals surface area contributed by atoms with Crippen molar-refractivity contribution in [2.24, 2.45) is 0 Å². The summed E-state index contributed by atoms with van der Waals surface area (Å²) < 4.78 is 0. The van der Waals surface area contributed by atoms with Gasteiger partial charge < -0.3 is 0 Å². The molecule has 0 spiro atoms. The molecule has 3 heteroatoms. The Hall–Kier alpha value is -0.520. The fourth-order valence-corrected chi connectivity index (χ4v) is 1.96. The van der Waals surface area contributed by atoms with E-state index in [0.29, 0.717) is 12.6 Å². The molecule has 2 nitrogen and oxygen atoms in total. The highest BCUT2D eigenvalue weighted by atomic mass is 35.5. The van der Waals surface area contributed by atoms with Gasteiger partial charge in [-0.1, -0.05) is 30.5 Å². The fourth-order valence-electron chi connectivity index (χ4n) is 1.88. The van der Waals surface area contributed by atoms with Crippen LogP contribution in [0.1, 0.15) is 25.7 Å². The van der Waals surface area contributed by atoms with Gasteiger partial charge in [-0.15, -0.1) is 0 Å². The maximum Gasteiger partial charge on any atom is 0.0871 e. The van der Waals surface area contributed by atoms with Crippen LogP contribution in [0.25, 0.3) is 0 Å². The van der Waals surface area contributed by atoms with Crippen LogP contribution in [-0.2, 0) is 0 Å². The summed E-state index contributed by atoms with van der Waals surface area (Å²) in [5, 5.41) is 8.65. The fraction of sp³-hybridized carbons (Fsp3) is 0.700. The highest BCUT2D eigenvalue weighted by Gasteiger charge is 2.20. The molecule has 1 aliphatic rings. The van der Waals surface area contributed by atoms with Crippen LogP contribution in [0.15, 0.2) is 11.6 Å². The summed E-state index contributed by atoms with van der Waals surface area (Å²) in [5.74, 6) is 0. The van der Waals surface area contributed by atoms with Crippen molar-refractivity contribution in [1.29, 1.82) is 5.26 Å². The summed E-state index contributed by atoms with van der Waals surface area (Å²) >= 11 is 5.46. The van der Waals surface area contributed by atoms with Crippen LogP contribution in [0, 0.1) is 11.3 Å². The number of nitrogens with zero attached hydrogens (tertiary/aromatic N) is 2. The van der Waals surface area contributed by atoms with Gasteiger partial charge in [-0.25, -0.2) is 0 Å². The van der Waals surface area contributed by atoms with Gasteiger partial charge in [-0.3, -0.25) is 4.90 Å². The van der Waals surface area contributed by atoms with Crippen molar-refractivity contribution in [2.45, 2.75) is 31.7 Å². The molecule has 1 rings (SSSR count). The molecule has 0 saturated heterocycles. The van der Waals surface area contributed by atoms with Crippen LogP contribution in [0.5, 0.6) is 0 Å². The lowest BCUT2D eigenvalue weighted by Gasteiger charge is -2.24. The van der Waals surface area contributed by atoms with Gasteiger partial charge in [0.25, 0.3) is 0 Å². The first kappa shape index (κ1) is 10.6. The monoisotopic (exact) mass is 198 g/mol. The summed E-state index contributed by atoms with van der Waals surface area (Å²) in [6.07, 6.45) is 6.97. The minimum atomic E-state index is 0.520. The normalized spacial score (nSPS) is 18.5. The van der Waals surface area contributed by atoms with E-state index in [9.17, 15) is 0 Å². The molecule has 0 unspecified atom stereocenters. The van der Waals surface area contributed by atoms with E-state index in [1.54, 1.807) is 0 Å². The molecule has 0 heterocycles. The Morgan fingerprint density at radius 2 is 2.15 bits per heavy atom. The Kier molecular flexibility index (Phi) is 4.88. The van der Waals surface area contributed by atoms with Gasteiger partial charge in [0.15, 0.2) is 0 Å². The Balaban J connectivity index is 2.40. The zero-order valence-electron chi connectivity index (χ0n) is 7.75. The first-order chi connectivity index (χ1) is 6.38. The van der Waals surface area contributed by atoms with Gasteiger partial charge in [0, 0.05) is 18.1 Å². The minimum Gasteiger partial charge on any atom is -0.284 e. The van der Waals surface area contributed by atoms with E-state index in [1.165, 1.54) is 31.2 Å². The summed E-state index contributed by atoms with van der Waals surface area (Å²) in [5.41, 5.74) is 1.53. The van der Waals surface area contributed by atoms with E-state index < -0.39 is 0 Å².